The summed E-state index contributed by atoms with van der Waals surface area (Å²) in [7, 11) is -3.10. The maximum absolute atomic E-state index is 12.1. The molecule has 2 amide bonds. The van der Waals surface area contributed by atoms with Gasteiger partial charge in [0.15, 0.2) is 9.84 Å². The first kappa shape index (κ1) is 17.0. The quantitative estimate of drug-likeness (QED) is 0.845. The van der Waals surface area contributed by atoms with Gasteiger partial charge < -0.3 is 10.2 Å². The van der Waals surface area contributed by atoms with Gasteiger partial charge in [0.1, 0.15) is 6.54 Å². The minimum atomic E-state index is -3.10. The van der Waals surface area contributed by atoms with E-state index in [1.807, 2.05) is 0 Å². The highest BCUT2D eigenvalue weighted by Gasteiger charge is 2.34. The molecule has 0 spiro atoms. The Morgan fingerprint density at radius 2 is 1.95 bits per heavy atom. The van der Waals surface area contributed by atoms with E-state index in [1.165, 1.54) is 11.8 Å². The van der Waals surface area contributed by atoms with Crippen molar-refractivity contribution in [3.05, 3.63) is 28.7 Å². The Bertz CT molecular complexity index is 673. The number of amides is 2. The van der Waals surface area contributed by atoms with E-state index < -0.39 is 15.9 Å². The van der Waals surface area contributed by atoms with E-state index in [1.54, 1.807) is 24.3 Å². The first-order valence-corrected chi connectivity index (χ1v) is 9.41. The monoisotopic (exact) mass is 388 g/mol. The second-order valence-corrected chi connectivity index (χ2v) is 8.40. The van der Waals surface area contributed by atoms with Gasteiger partial charge in [0.25, 0.3) is 0 Å². The normalized spacial score (nSPS) is 19.6. The molecule has 0 aliphatic carbocycles. The Hall–Kier alpha value is -1.41. The summed E-state index contributed by atoms with van der Waals surface area (Å²) < 4.78 is 24.0. The molecule has 1 aromatic carbocycles. The van der Waals surface area contributed by atoms with Crippen LogP contribution < -0.4 is 5.32 Å². The van der Waals surface area contributed by atoms with Crippen molar-refractivity contribution in [1.29, 1.82) is 0 Å². The summed E-state index contributed by atoms with van der Waals surface area (Å²) in [4.78, 5) is 25.1. The van der Waals surface area contributed by atoms with Crippen molar-refractivity contribution in [1.82, 2.24) is 4.90 Å². The number of nitrogens with zero attached hydrogens (tertiary/aromatic N) is 1. The molecular formula is C14H17BrN2O4S. The standard InChI is InChI=1S/C14H17BrN2O4S/c1-10(18)17(13-6-7-22(20,21)9-13)8-14(19)16-12-4-2-11(15)3-5-12/h2-5,13H,6-9H2,1H3,(H,16,19). The molecule has 1 aromatic rings. The molecule has 0 aromatic heterocycles. The predicted octanol–water partition coefficient (Wildman–Crippen LogP) is 1.42. The lowest BCUT2D eigenvalue weighted by Crippen LogP contribution is -2.44. The molecule has 22 heavy (non-hydrogen) atoms. The highest BCUT2D eigenvalue weighted by atomic mass is 79.9. The van der Waals surface area contributed by atoms with Crippen molar-refractivity contribution >= 4 is 43.3 Å². The molecule has 1 saturated heterocycles. The lowest BCUT2D eigenvalue weighted by Gasteiger charge is -2.26. The largest absolute Gasteiger partial charge is 0.330 e. The second kappa shape index (κ2) is 6.78. The number of carbonyl (C=O) groups excluding carboxylic acids is 2. The third-order valence-corrected chi connectivity index (χ3v) is 5.77. The third kappa shape index (κ3) is 4.54. The fourth-order valence-corrected chi connectivity index (χ4v) is 4.40. The Morgan fingerprint density at radius 3 is 2.45 bits per heavy atom. The van der Waals surface area contributed by atoms with Crippen LogP contribution in [-0.2, 0) is 19.4 Å². The number of hydrogen-bond donors (Lipinski definition) is 1. The van der Waals surface area contributed by atoms with Gasteiger partial charge in [0.2, 0.25) is 11.8 Å². The van der Waals surface area contributed by atoms with E-state index in [0.29, 0.717) is 12.1 Å². The maximum Gasteiger partial charge on any atom is 0.244 e. The lowest BCUT2D eigenvalue weighted by molar-refractivity contribution is -0.134. The van der Waals surface area contributed by atoms with Crippen LogP contribution in [0.3, 0.4) is 0 Å². The fourth-order valence-electron chi connectivity index (χ4n) is 2.41. The van der Waals surface area contributed by atoms with Gasteiger partial charge in [-0.3, -0.25) is 9.59 Å². The number of benzene rings is 1. The average Bonchev–Trinajstić information content (AvgIpc) is 2.78. The highest BCUT2D eigenvalue weighted by Crippen LogP contribution is 2.18. The van der Waals surface area contributed by atoms with Crippen LogP contribution >= 0.6 is 15.9 Å². The smallest absolute Gasteiger partial charge is 0.244 e. The predicted molar refractivity (Wildman–Crippen MR) is 87.2 cm³/mol. The number of rotatable bonds is 4. The first-order chi connectivity index (χ1) is 10.3. The summed E-state index contributed by atoms with van der Waals surface area (Å²) >= 11 is 3.30. The van der Waals surface area contributed by atoms with Gasteiger partial charge >= 0.3 is 0 Å². The maximum atomic E-state index is 12.1. The summed E-state index contributed by atoms with van der Waals surface area (Å²) in [5, 5.41) is 2.70. The van der Waals surface area contributed by atoms with Crippen molar-refractivity contribution in [3.8, 4) is 0 Å². The number of nitrogens with one attached hydrogen (secondary N) is 1. The summed E-state index contributed by atoms with van der Waals surface area (Å²) in [5.41, 5.74) is 0.621. The fraction of sp³-hybridized carbons (Fsp3) is 0.429. The molecule has 1 aliphatic heterocycles. The molecule has 1 heterocycles. The van der Waals surface area contributed by atoms with Gasteiger partial charge in [-0.1, -0.05) is 15.9 Å². The van der Waals surface area contributed by atoms with Crippen LogP contribution in [0.15, 0.2) is 28.7 Å². The van der Waals surface area contributed by atoms with Crippen molar-refractivity contribution in [2.75, 3.05) is 23.4 Å². The first-order valence-electron chi connectivity index (χ1n) is 6.80. The molecule has 0 saturated carbocycles. The van der Waals surface area contributed by atoms with Crippen molar-refractivity contribution in [2.24, 2.45) is 0 Å². The summed E-state index contributed by atoms with van der Waals surface area (Å²) in [6, 6.07) is 6.64. The van der Waals surface area contributed by atoms with Crippen LogP contribution in [0.5, 0.6) is 0 Å². The third-order valence-electron chi connectivity index (χ3n) is 3.50. The molecule has 1 fully saturated rings. The molecule has 1 N–H and O–H groups in total. The molecule has 0 radical (unpaired) electrons. The van der Waals surface area contributed by atoms with Crippen LogP contribution in [0, 0.1) is 0 Å². The van der Waals surface area contributed by atoms with Gasteiger partial charge in [-0.05, 0) is 30.7 Å². The van der Waals surface area contributed by atoms with Crippen molar-refractivity contribution < 1.29 is 18.0 Å². The molecule has 1 atom stereocenters. The number of anilines is 1. The van der Waals surface area contributed by atoms with Crippen LogP contribution in [0.4, 0.5) is 5.69 Å². The lowest BCUT2D eigenvalue weighted by atomic mass is 10.2. The zero-order chi connectivity index (χ0) is 16.3. The molecule has 120 valence electrons. The van der Waals surface area contributed by atoms with Crippen molar-refractivity contribution in [3.63, 3.8) is 0 Å². The van der Waals surface area contributed by atoms with E-state index in [-0.39, 0.29) is 29.9 Å². The molecule has 6 nitrogen and oxygen atoms in total. The summed E-state index contributed by atoms with van der Waals surface area (Å²) in [6.45, 7) is 1.20. The zero-order valence-corrected chi connectivity index (χ0v) is 14.5. The topological polar surface area (TPSA) is 83.6 Å². The number of halogens is 1. The minimum Gasteiger partial charge on any atom is -0.330 e. The van der Waals surface area contributed by atoms with Gasteiger partial charge in [-0.25, -0.2) is 8.42 Å². The molecule has 0 bridgehead atoms. The SMILES string of the molecule is CC(=O)N(CC(=O)Nc1ccc(Br)cc1)C1CCS(=O)(=O)C1. The van der Waals surface area contributed by atoms with Crippen molar-refractivity contribution in [2.45, 2.75) is 19.4 Å². The van der Waals surface area contributed by atoms with Gasteiger partial charge in [-0.15, -0.1) is 0 Å². The van der Waals surface area contributed by atoms with Gasteiger partial charge in [0, 0.05) is 23.1 Å². The van der Waals surface area contributed by atoms with Gasteiger partial charge in [-0.2, -0.15) is 0 Å². The van der Waals surface area contributed by atoms with Crippen LogP contribution in [-0.4, -0.2) is 49.2 Å². The molecular weight excluding hydrogens is 372 g/mol. The summed E-state index contributed by atoms with van der Waals surface area (Å²) in [6.07, 6.45) is 0.382. The summed E-state index contributed by atoms with van der Waals surface area (Å²) in [5.74, 6) is -0.650. The highest BCUT2D eigenvalue weighted by molar-refractivity contribution is 9.10. The molecule has 1 unspecified atom stereocenters. The Balaban J connectivity index is 2.00. The van der Waals surface area contributed by atoms with E-state index >= 15 is 0 Å². The van der Waals surface area contributed by atoms with E-state index in [0.717, 1.165) is 4.47 Å². The molecule has 8 heteroatoms. The molecule has 2 rings (SSSR count). The van der Waals surface area contributed by atoms with Crippen LogP contribution in [0.2, 0.25) is 0 Å². The number of carbonyl (C=O) groups is 2. The van der Waals surface area contributed by atoms with E-state index in [2.05, 4.69) is 21.2 Å². The zero-order valence-electron chi connectivity index (χ0n) is 12.1. The second-order valence-electron chi connectivity index (χ2n) is 5.26. The number of hydrogen-bond acceptors (Lipinski definition) is 4. The Kier molecular flexibility index (Phi) is 5.23. The van der Waals surface area contributed by atoms with E-state index in [9.17, 15) is 18.0 Å². The Labute approximate surface area is 137 Å². The Morgan fingerprint density at radius 1 is 1.32 bits per heavy atom. The van der Waals surface area contributed by atoms with Crippen LogP contribution in [0.25, 0.3) is 0 Å². The van der Waals surface area contributed by atoms with Gasteiger partial charge in [0.05, 0.1) is 11.5 Å². The van der Waals surface area contributed by atoms with Crippen LogP contribution in [0.1, 0.15) is 13.3 Å². The number of sulfone groups is 1. The average molecular weight is 389 g/mol. The van der Waals surface area contributed by atoms with E-state index in [4.69, 9.17) is 0 Å². The minimum absolute atomic E-state index is 0.0653. The molecule has 1 aliphatic rings.